The Balaban J connectivity index is 2.71. The Hall–Kier alpha value is -1.56. The zero-order valence-electron chi connectivity index (χ0n) is 12.6. The lowest BCUT2D eigenvalue weighted by Crippen LogP contribution is -2.02. The number of rotatable bonds is 4. The van der Waals surface area contributed by atoms with E-state index in [1.54, 1.807) is 11.1 Å². The van der Waals surface area contributed by atoms with Gasteiger partial charge < -0.3 is 0 Å². The quantitative estimate of drug-likeness (QED) is 0.675. The fourth-order valence-electron chi connectivity index (χ4n) is 3.14. The van der Waals surface area contributed by atoms with Crippen molar-refractivity contribution in [2.75, 3.05) is 0 Å². The topological polar surface area (TPSA) is 0 Å². The SMILES string of the molecule is CCCc1c(CC)c(C)cc(C)c1-c1ccccc1. The van der Waals surface area contributed by atoms with Crippen molar-refractivity contribution in [3.05, 3.63) is 58.7 Å². The Bertz CT molecular complexity index is 550. The van der Waals surface area contributed by atoms with E-state index in [1.165, 1.54) is 35.1 Å². The van der Waals surface area contributed by atoms with Crippen LogP contribution in [-0.2, 0) is 12.8 Å². The Kier molecular flexibility index (Phi) is 4.42. The highest BCUT2D eigenvalue weighted by atomic mass is 14.2. The first-order valence-electron chi connectivity index (χ1n) is 7.36. The Labute approximate surface area is 117 Å². The summed E-state index contributed by atoms with van der Waals surface area (Å²) in [6, 6.07) is 13.2. The van der Waals surface area contributed by atoms with Crippen molar-refractivity contribution < 1.29 is 0 Å². The Morgan fingerprint density at radius 3 is 2.11 bits per heavy atom. The summed E-state index contributed by atoms with van der Waals surface area (Å²) in [5.41, 5.74) is 8.79. The van der Waals surface area contributed by atoms with E-state index in [2.05, 4.69) is 64.1 Å². The van der Waals surface area contributed by atoms with Crippen LogP contribution in [-0.4, -0.2) is 0 Å². The molecule has 0 atom stereocenters. The van der Waals surface area contributed by atoms with Gasteiger partial charge in [0.1, 0.15) is 0 Å². The molecule has 2 rings (SSSR count). The molecule has 0 saturated heterocycles. The van der Waals surface area contributed by atoms with Gasteiger partial charge in [-0.1, -0.05) is 56.7 Å². The fraction of sp³-hybridized carbons (Fsp3) is 0.368. The maximum absolute atomic E-state index is 2.35. The van der Waals surface area contributed by atoms with E-state index in [-0.39, 0.29) is 0 Å². The second-order valence-electron chi connectivity index (χ2n) is 5.31. The average molecular weight is 252 g/mol. The zero-order valence-corrected chi connectivity index (χ0v) is 12.6. The molecule has 2 aromatic carbocycles. The highest BCUT2D eigenvalue weighted by Crippen LogP contribution is 2.33. The van der Waals surface area contributed by atoms with E-state index < -0.39 is 0 Å². The molecule has 2 aromatic rings. The van der Waals surface area contributed by atoms with Gasteiger partial charge >= 0.3 is 0 Å². The Morgan fingerprint density at radius 2 is 1.53 bits per heavy atom. The van der Waals surface area contributed by atoms with Gasteiger partial charge in [-0.3, -0.25) is 0 Å². The maximum atomic E-state index is 2.35. The van der Waals surface area contributed by atoms with Crippen molar-refractivity contribution in [2.45, 2.75) is 47.0 Å². The molecule has 0 heteroatoms. The molecule has 0 spiro atoms. The third-order valence-corrected chi connectivity index (χ3v) is 3.89. The van der Waals surface area contributed by atoms with Gasteiger partial charge in [0, 0.05) is 0 Å². The van der Waals surface area contributed by atoms with Crippen LogP contribution in [0.15, 0.2) is 36.4 Å². The molecule has 0 aliphatic carbocycles. The summed E-state index contributed by atoms with van der Waals surface area (Å²) in [6.45, 7) is 9.03. The molecule has 0 N–H and O–H groups in total. The summed E-state index contributed by atoms with van der Waals surface area (Å²) in [5.74, 6) is 0. The van der Waals surface area contributed by atoms with Gasteiger partial charge in [0.25, 0.3) is 0 Å². The van der Waals surface area contributed by atoms with E-state index in [0.29, 0.717) is 0 Å². The molecule has 0 aliphatic rings. The standard InChI is InChI=1S/C19H24/c1-5-10-18-17(6-2)14(3)13-15(4)19(18)16-11-8-7-9-12-16/h7-9,11-13H,5-6,10H2,1-4H3. The minimum atomic E-state index is 1.13. The third kappa shape index (κ3) is 2.73. The van der Waals surface area contributed by atoms with Crippen LogP contribution < -0.4 is 0 Å². The minimum Gasteiger partial charge on any atom is -0.0651 e. The summed E-state index contributed by atoms with van der Waals surface area (Å²) in [5, 5.41) is 0. The number of hydrogen-bond acceptors (Lipinski definition) is 0. The summed E-state index contributed by atoms with van der Waals surface area (Å²) in [7, 11) is 0. The summed E-state index contributed by atoms with van der Waals surface area (Å²) in [4.78, 5) is 0. The third-order valence-electron chi connectivity index (χ3n) is 3.89. The van der Waals surface area contributed by atoms with Gasteiger partial charge in [-0.15, -0.1) is 0 Å². The second-order valence-corrected chi connectivity index (χ2v) is 5.31. The molecule has 0 nitrogen and oxygen atoms in total. The highest BCUT2D eigenvalue weighted by Gasteiger charge is 2.13. The molecule has 19 heavy (non-hydrogen) atoms. The van der Waals surface area contributed by atoms with Crippen molar-refractivity contribution in [1.82, 2.24) is 0 Å². The van der Waals surface area contributed by atoms with E-state index in [9.17, 15) is 0 Å². The smallest absolute Gasteiger partial charge is 0.0120 e. The first kappa shape index (κ1) is 13.9. The highest BCUT2D eigenvalue weighted by molar-refractivity contribution is 5.73. The monoisotopic (exact) mass is 252 g/mol. The number of benzene rings is 2. The van der Waals surface area contributed by atoms with Gasteiger partial charge in [0.05, 0.1) is 0 Å². The van der Waals surface area contributed by atoms with Crippen molar-refractivity contribution in [3.8, 4) is 11.1 Å². The van der Waals surface area contributed by atoms with E-state index in [1.807, 2.05) is 0 Å². The Morgan fingerprint density at radius 1 is 0.842 bits per heavy atom. The number of hydrogen-bond donors (Lipinski definition) is 0. The molecular formula is C19H24. The predicted molar refractivity (Wildman–Crippen MR) is 84.7 cm³/mol. The number of aryl methyl sites for hydroxylation is 2. The first-order chi connectivity index (χ1) is 9.19. The lowest BCUT2D eigenvalue weighted by Gasteiger charge is -2.19. The van der Waals surface area contributed by atoms with Crippen LogP contribution in [0.25, 0.3) is 11.1 Å². The van der Waals surface area contributed by atoms with Gasteiger partial charge in [-0.2, -0.15) is 0 Å². The molecule has 0 heterocycles. The summed E-state index contributed by atoms with van der Waals surface area (Å²) < 4.78 is 0. The van der Waals surface area contributed by atoms with Gasteiger partial charge in [0.2, 0.25) is 0 Å². The zero-order chi connectivity index (χ0) is 13.8. The molecule has 0 radical (unpaired) electrons. The van der Waals surface area contributed by atoms with Crippen LogP contribution >= 0.6 is 0 Å². The average Bonchev–Trinajstić information content (AvgIpc) is 2.40. The van der Waals surface area contributed by atoms with E-state index >= 15 is 0 Å². The van der Waals surface area contributed by atoms with Crippen LogP contribution in [0.1, 0.15) is 42.5 Å². The molecule has 0 aromatic heterocycles. The van der Waals surface area contributed by atoms with Crippen LogP contribution in [0, 0.1) is 13.8 Å². The van der Waals surface area contributed by atoms with E-state index in [0.717, 1.165) is 6.42 Å². The van der Waals surface area contributed by atoms with Crippen molar-refractivity contribution in [3.63, 3.8) is 0 Å². The molecular weight excluding hydrogens is 228 g/mol. The van der Waals surface area contributed by atoms with Crippen molar-refractivity contribution in [2.24, 2.45) is 0 Å². The van der Waals surface area contributed by atoms with Crippen LogP contribution in [0.2, 0.25) is 0 Å². The van der Waals surface area contributed by atoms with Gasteiger partial charge in [-0.25, -0.2) is 0 Å². The van der Waals surface area contributed by atoms with E-state index in [4.69, 9.17) is 0 Å². The summed E-state index contributed by atoms with van der Waals surface area (Å²) in [6.07, 6.45) is 3.51. The van der Waals surface area contributed by atoms with Crippen LogP contribution in [0.3, 0.4) is 0 Å². The normalized spacial score (nSPS) is 10.7. The molecule has 0 bridgehead atoms. The van der Waals surface area contributed by atoms with Crippen LogP contribution in [0.5, 0.6) is 0 Å². The van der Waals surface area contributed by atoms with Crippen molar-refractivity contribution in [1.29, 1.82) is 0 Å². The molecule has 0 amide bonds. The van der Waals surface area contributed by atoms with Crippen molar-refractivity contribution >= 4 is 0 Å². The second kappa shape index (κ2) is 6.06. The first-order valence-corrected chi connectivity index (χ1v) is 7.36. The molecule has 0 aliphatic heterocycles. The summed E-state index contributed by atoms with van der Waals surface area (Å²) >= 11 is 0. The largest absolute Gasteiger partial charge is 0.0651 e. The van der Waals surface area contributed by atoms with Crippen LogP contribution in [0.4, 0.5) is 0 Å². The molecule has 0 saturated carbocycles. The lowest BCUT2D eigenvalue weighted by molar-refractivity contribution is 0.894. The molecule has 100 valence electrons. The maximum Gasteiger partial charge on any atom is -0.0120 e. The molecule has 0 unspecified atom stereocenters. The molecule has 0 fully saturated rings. The fourth-order valence-corrected chi connectivity index (χ4v) is 3.14. The van der Waals surface area contributed by atoms with Gasteiger partial charge in [0.15, 0.2) is 0 Å². The van der Waals surface area contributed by atoms with Gasteiger partial charge in [-0.05, 0) is 60.1 Å². The minimum absolute atomic E-state index is 1.13. The predicted octanol–water partition coefficient (Wildman–Crippen LogP) is 5.49. The lowest BCUT2D eigenvalue weighted by atomic mass is 9.86.